The number of carbonyl (C=O) groups excluding carboxylic acids is 3. The van der Waals surface area contributed by atoms with Gasteiger partial charge in [0.1, 0.15) is 42.2 Å². The summed E-state index contributed by atoms with van der Waals surface area (Å²) in [7, 11) is -16.5. The topological polar surface area (TPSA) is 401 Å². The molecule has 57 heavy (non-hydrogen) atoms. The quantitative estimate of drug-likeness (QED) is 0.0369. The molecule has 0 bridgehead atoms. The lowest BCUT2D eigenvalue weighted by atomic mass is 9.87. The van der Waals surface area contributed by atoms with Crippen molar-refractivity contribution in [3.8, 4) is 0 Å². The number of imidazole rings is 1. The van der Waals surface area contributed by atoms with Crippen LogP contribution in [0.5, 0.6) is 0 Å². The van der Waals surface area contributed by atoms with Gasteiger partial charge in [-0.15, -0.1) is 0 Å². The number of anilines is 1. The predicted molar refractivity (Wildman–Crippen MR) is 193 cm³/mol. The van der Waals surface area contributed by atoms with Gasteiger partial charge in [0, 0.05) is 30.7 Å². The molecule has 3 heterocycles. The molecule has 0 saturated carbocycles. The summed E-state index contributed by atoms with van der Waals surface area (Å²) < 4.78 is 62.0. The molecule has 322 valence electrons. The number of ether oxygens (including phenoxy) is 1. The number of fused-ring (bicyclic) bond motifs is 1. The number of nitrogen functional groups attached to an aromatic ring is 1. The normalized spacial score (nSPS) is 22.0. The van der Waals surface area contributed by atoms with E-state index in [2.05, 4.69) is 34.4 Å². The molecule has 0 aromatic carbocycles. The van der Waals surface area contributed by atoms with Gasteiger partial charge in [-0.1, -0.05) is 39.0 Å². The number of aromatic nitrogens is 4. The summed E-state index contributed by atoms with van der Waals surface area (Å²) in [5, 5.41) is 34.8. The van der Waals surface area contributed by atoms with Gasteiger partial charge in [0.25, 0.3) is 0 Å². The number of hydrogen-bond donors (Lipinski definition) is 10. The molecule has 2 amide bonds. The zero-order valence-corrected chi connectivity index (χ0v) is 33.9. The Morgan fingerprint density at radius 2 is 1.72 bits per heavy atom. The predicted octanol–water partition coefficient (Wildman–Crippen LogP) is -0.834. The number of thioether (sulfide) groups is 1. The molecule has 0 spiro atoms. The minimum Gasteiger partial charge on any atom is -0.481 e. The van der Waals surface area contributed by atoms with Gasteiger partial charge in [-0.2, -0.15) is 4.31 Å². The number of nitrogens with two attached hydrogens (primary N) is 1. The van der Waals surface area contributed by atoms with Crippen LogP contribution in [0.2, 0.25) is 0 Å². The number of carboxylic acids is 1. The van der Waals surface area contributed by atoms with E-state index >= 15 is 0 Å². The molecule has 8 unspecified atom stereocenters. The molecule has 1 aliphatic heterocycles. The first-order chi connectivity index (χ1) is 26.4. The second-order valence-corrected chi connectivity index (χ2v) is 18.3. The maximum Gasteiger partial charge on any atom is 0.481 e. The summed E-state index contributed by atoms with van der Waals surface area (Å²) in [5.41, 5.74) is 4.19. The first-order valence-corrected chi connectivity index (χ1v) is 22.2. The maximum atomic E-state index is 12.7. The van der Waals surface area contributed by atoms with Crippen LogP contribution in [0.25, 0.3) is 11.2 Å². The number of aliphatic carboxylic acids is 1. The van der Waals surface area contributed by atoms with E-state index in [1.807, 2.05) is 0 Å². The molecule has 2 aromatic rings. The fourth-order valence-corrected chi connectivity index (χ4v) is 8.67. The largest absolute Gasteiger partial charge is 0.481 e. The van der Waals surface area contributed by atoms with E-state index in [1.54, 1.807) is 6.92 Å². The second kappa shape index (κ2) is 20.3. The Bertz CT molecular complexity index is 1900. The van der Waals surface area contributed by atoms with Crippen molar-refractivity contribution in [3.63, 3.8) is 0 Å². The number of nitrogens with zero attached hydrogens (tertiary/aromatic N) is 4. The van der Waals surface area contributed by atoms with Crippen LogP contribution in [0.4, 0.5) is 5.82 Å². The molecule has 0 radical (unpaired) electrons. The fraction of sp³-hybridized carbons (Fsp3) is 0.667. The molecule has 0 aliphatic carbocycles. The van der Waals surface area contributed by atoms with Gasteiger partial charge in [-0.25, -0.2) is 28.6 Å². The first kappa shape index (κ1) is 48.4. The molecule has 8 atom stereocenters. The molecular weight excluding hydrogens is 851 g/mol. The lowest BCUT2D eigenvalue weighted by Gasteiger charge is -2.30. The number of aliphatic hydroxyl groups is 2. The van der Waals surface area contributed by atoms with Gasteiger partial charge < -0.3 is 56.0 Å². The summed E-state index contributed by atoms with van der Waals surface area (Å²) in [4.78, 5) is 98.8. The van der Waals surface area contributed by atoms with Gasteiger partial charge in [-0.05, 0) is 6.42 Å². The Kier molecular flexibility index (Phi) is 17.3. The number of hydrogen-bond acceptors (Lipinski definition) is 19. The third-order valence-corrected chi connectivity index (χ3v) is 12.0. The standard InChI is InChI=1S/C27H44N7O19P3S/c1-4-5-14(25(39)40)26(41)57-9-8-29-16(35)6-7-30-23(38)20(37)27(2,3)11-50-56(47,48)53-55(45,46)49-10-15-19(52-54(42,43)44)18(36)24(51-15)34-13-33-17-21(28)31-12-32-22(17)34/h12-15,18-20,24,36-37H,4-11H2,1-3H3,(H,29,35)(H,30,38)(H,39,40)(H,45,46)(H,47,48)(H2,28,31,32)(H2,42,43,44). The molecule has 1 fully saturated rings. The molecule has 11 N–H and O–H groups in total. The SMILES string of the molecule is CCCC(C(=O)O)C(=O)SCCNC(=O)CCNC(=O)C(O)C(C)(C)COP(=O)(O)OP(=O)(O)OCC1OC(n2cnc3c(N)ncnc32)C(O)C1OP(=O)(O)O. The minimum absolute atomic E-state index is 0.0188. The number of rotatable bonds is 23. The van der Waals surface area contributed by atoms with Crippen LogP contribution in [-0.2, 0) is 55.5 Å². The summed E-state index contributed by atoms with van der Waals surface area (Å²) in [6, 6.07) is 0. The van der Waals surface area contributed by atoms with Crippen LogP contribution in [0, 0.1) is 11.3 Å². The molecule has 30 heteroatoms. The number of phosphoric ester groups is 3. The van der Waals surface area contributed by atoms with Gasteiger partial charge in [0.2, 0.25) is 16.9 Å². The number of amides is 2. The first-order valence-electron chi connectivity index (χ1n) is 16.7. The van der Waals surface area contributed by atoms with Gasteiger partial charge >= 0.3 is 29.4 Å². The summed E-state index contributed by atoms with van der Waals surface area (Å²) in [5.74, 6) is -3.88. The Hall–Kier alpha value is -2.97. The molecule has 3 rings (SSSR count). The Labute approximate surface area is 327 Å². The zero-order valence-electron chi connectivity index (χ0n) is 30.4. The van der Waals surface area contributed by atoms with E-state index in [4.69, 9.17) is 24.6 Å². The lowest BCUT2D eigenvalue weighted by Crippen LogP contribution is -2.46. The van der Waals surface area contributed by atoms with Crippen molar-refractivity contribution in [1.29, 1.82) is 0 Å². The van der Waals surface area contributed by atoms with Crippen molar-refractivity contribution < 1.29 is 90.4 Å². The van der Waals surface area contributed by atoms with Crippen LogP contribution in [0.3, 0.4) is 0 Å². The number of nitrogens with one attached hydrogen (secondary N) is 2. The minimum atomic E-state index is -5.59. The Morgan fingerprint density at radius 3 is 2.35 bits per heavy atom. The number of aliphatic hydroxyl groups excluding tert-OH is 2. The number of carboxylic acid groups (broad SMARTS) is 1. The van der Waals surface area contributed by atoms with Gasteiger partial charge in [-0.3, -0.25) is 37.3 Å². The van der Waals surface area contributed by atoms with Crippen molar-refractivity contribution in [2.45, 2.75) is 70.7 Å². The van der Waals surface area contributed by atoms with Crippen molar-refractivity contribution >= 4 is 75.1 Å². The van der Waals surface area contributed by atoms with E-state index < -0.39 is 102 Å². The summed E-state index contributed by atoms with van der Waals surface area (Å²) >= 11 is 0.766. The van der Waals surface area contributed by atoms with Crippen LogP contribution in [-0.4, -0.2) is 134 Å². The lowest BCUT2D eigenvalue weighted by molar-refractivity contribution is -0.144. The maximum absolute atomic E-state index is 12.7. The highest BCUT2D eigenvalue weighted by molar-refractivity contribution is 8.13. The van der Waals surface area contributed by atoms with E-state index in [-0.39, 0.29) is 48.7 Å². The third kappa shape index (κ3) is 14.4. The van der Waals surface area contributed by atoms with Crippen LogP contribution >= 0.6 is 35.2 Å². The van der Waals surface area contributed by atoms with E-state index in [9.17, 15) is 62.7 Å². The highest BCUT2D eigenvalue weighted by Crippen LogP contribution is 2.61. The van der Waals surface area contributed by atoms with Gasteiger partial charge in [0.05, 0.1) is 19.5 Å². The molecule has 26 nitrogen and oxygen atoms in total. The average Bonchev–Trinajstić information content (AvgIpc) is 3.66. The van der Waals surface area contributed by atoms with E-state index in [0.29, 0.717) is 6.42 Å². The fourth-order valence-electron chi connectivity index (χ4n) is 5.01. The smallest absolute Gasteiger partial charge is 0.481 e. The zero-order chi connectivity index (χ0) is 42.9. The highest BCUT2D eigenvalue weighted by atomic mass is 32.2. The summed E-state index contributed by atoms with van der Waals surface area (Å²) in [6.45, 7) is 1.88. The summed E-state index contributed by atoms with van der Waals surface area (Å²) in [6.07, 6.45) is -6.43. The van der Waals surface area contributed by atoms with Gasteiger partial charge in [0.15, 0.2) is 17.7 Å². The Morgan fingerprint density at radius 1 is 1.05 bits per heavy atom. The molecular formula is C27H44N7O19P3S. The molecule has 2 aromatic heterocycles. The van der Waals surface area contributed by atoms with Crippen molar-refractivity contribution in [2.75, 3.05) is 37.8 Å². The highest BCUT2D eigenvalue weighted by Gasteiger charge is 2.50. The average molecular weight is 896 g/mol. The van der Waals surface area contributed by atoms with Crippen molar-refractivity contribution in [1.82, 2.24) is 30.2 Å². The number of carbonyl (C=O) groups is 4. The molecule has 1 aliphatic rings. The van der Waals surface area contributed by atoms with Crippen molar-refractivity contribution in [2.24, 2.45) is 11.3 Å². The third-order valence-electron chi connectivity index (χ3n) is 7.91. The Balaban J connectivity index is 1.49. The molecule has 1 saturated heterocycles. The van der Waals surface area contributed by atoms with E-state index in [1.165, 1.54) is 13.8 Å². The number of phosphoric acid groups is 3. The monoisotopic (exact) mass is 895 g/mol. The second-order valence-electron chi connectivity index (χ2n) is 12.9. The van der Waals surface area contributed by atoms with Crippen LogP contribution < -0.4 is 16.4 Å². The van der Waals surface area contributed by atoms with Crippen LogP contribution in [0.1, 0.15) is 46.3 Å². The van der Waals surface area contributed by atoms with Crippen LogP contribution in [0.15, 0.2) is 12.7 Å². The van der Waals surface area contributed by atoms with Crippen molar-refractivity contribution in [3.05, 3.63) is 12.7 Å². The van der Waals surface area contributed by atoms with E-state index in [0.717, 1.165) is 29.0 Å².